The summed E-state index contributed by atoms with van der Waals surface area (Å²) in [6.07, 6.45) is 14.1. The van der Waals surface area contributed by atoms with E-state index in [9.17, 15) is 24.6 Å². The highest BCUT2D eigenvalue weighted by Gasteiger charge is 2.25. The van der Waals surface area contributed by atoms with Gasteiger partial charge in [0.2, 0.25) is 0 Å². The van der Waals surface area contributed by atoms with Crippen molar-refractivity contribution in [1.82, 2.24) is 4.90 Å². The normalized spacial score (nSPS) is 21.8. The van der Waals surface area contributed by atoms with E-state index in [1.165, 1.54) is 6.07 Å². The molecule has 1 aromatic carbocycles. The fraction of sp³-hybridized carbons (Fsp3) is 0.429. The van der Waals surface area contributed by atoms with Gasteiger partial charge >= 0.3 is 11.9 Å². The molecule has 11 nitrogen and oxygen atoms in total. The van der Waals surface area contributed by atoms with Gasteiger partial charge in [-0.1, -0.05) is 29.3 Å². The Hall–Kier alpha value is -4.30. The first kappa shape index (κ1) is 29.3. The van der Waals surface area contributed by atoms with Crippen molar-refractivity contribution in [2.75, 3.05) is 19.7 Å². The van der Waals surface area contributed by atoms with Crippen LogP contribution in [0.5, 0.6) is 11.5 Å². The Morgan fingerprint density at radius 2 is 1.92 bits per heavy atom. The number of hydrogen-bond acceptors (Lipinski definition) is 9. The molecule has 2 aliphatic heterocycles. The first-order chi connectivity index (χ1) is 18.8. The van der Waals surface area contributed by atoms with Gasteiger partial charge in [-0.15, -0.1) is 6.42 Å². The quantitative estimate of drug-likeness (QED) is 0.162. The van der Waals surface area contributed by atoms with E-state index in [0.29, 0.717) is 31.6 Å². The van der Waals surface area contributed by atoms with Crippen LogP contribution in [0.3, 0.4) is 0 Å². The number of allylic oxidation sites excluding steroid dienone is 3. The van der Waals surface area contributed by atoms with Crippen LogP contribution in [0, 0.1) is 12.3 Å². The minimum absolute atomic E-state index is 0.0939. The summed E-state index contributed by atoms with van der Waals surface area (Å²) >= 11 is 0. The number of nitrogens with zero attached hydrogens (tertiary/aromatic N) is 2. The lowest BCUT2D eigenvalue weighted by molar-refractivity contribution is -0.162. The zero-order valence-corrected chi connectivity index (χ0v) is 21.5. The van der Waals surface area contributed by atoms with Crippen LogP contribution in [-0.4, -0.2) is 75.9 Å². The number of hydrogen-bond donors (Lipinski definition) is 3. The van der Waals surface area contributed by atoms with Gasteiger partial charge in [-0.25, -0.2) is 9.59 Å². The molecule has 39 heavy (non-hydrogen) atoms. The average Bonchev–Trinajstić information content (AvgIpc) is 2.91. The zero-order valence-electron chi connectivity index (χ0n) is 21.5. The molecular formula is C28H32N2O9. The molecule has 1 saturated heterocycles. The fourth-order valence-corrected chi connectivity index (χ4v) is 4.09. The molecule has 3 rings (SSSR count). The number of carbonyl (C=O) groups excluding carboxylic acids is 2. The fourth-order valence-electron chi connectivity index (χ4n) is 4.09. The summed E-state index contributed by atoms with van der Waals surface area (Å²) in [6.45, 7) is 1.08. The van der Waals surface area contributed by atoms with Crippen LogP contribution in [0.4, 0.5) is 0 Å². The summed E-state index contributed by atoms with van der Waals surface area (Å²) in [4.78, 5) is 43.7. The first-order valence-corrected chi connectivity index (χ1v) is 12.7. The van der Waals surface area contributed by atoms with Gasteiger partial charge in [0, 0.05) is 32.0 Å². The van der Waals surface area contributed by atoms with Crippen molar-refractivity contribution in [3.63, 3.8) is 0 Å². The highest BCUT2D eigenvalue weighted by Crippen LogP contribution is 2.31. The van der Waals surface area contributed by atoms with Crippen LogP contribution >= 0.6 is 0 Å². The molecule has 1 fully saturated rings. The number of ether oxygens (including phenoxy) is 2. The standard InChI is InChI=1S/C28H32N2O9/c1-2-21-12-8-5-3-4-7-11-20(29-37-18-24(32)30-13-9-6-10-14-30)15-19-16-22(39-28(36)26(33)34)17-23(31)25(19)27(35)38-21/h1,5,7-8,11,16-17,21,28,31,36H,3-4,6,9-10,12-15,18H2,(H,33,34)/b8-5+,11-7+,29-20+/t21-,28?/m1/s1. The van der Waals surface area contributed by atoms with E-state index in [2.05, 4.69) is 11.1 Å². The van der Waals surface area contributed by atoms with E-state index < -0.39 is 30.1 Å². The molecule has 0 radical (unpaired) electrons. The molecule has 1 unspecified atom stereocenters. The number of piperidine rings is 1. The number of aliphatic hydroxyl groups is 1. The van der Waals surface area contributed by atoms with Crippen molar-refractivity contribution in [2.45, 2.75) is 57.3 Å². The molecule has 11 heteroatoms. The predicted octanol–water partition coefficient (Wildman–Crippen LogP) is 2.56. The van der Waals surface area contributed by atoms with Crippen molar-refractivity contribution < 1.29 is 44.0 Å². The van der Waals surface area contributed by atoms with Gasteiger partial charge in [0.1, 0.15) is 17.1 Å². The summed E-state index contributed by atoms with van der Waals surface area (Å²) in [5, 5.41) is 33.4. The summed E-state index contributed by atoms with van der Waals surface area (Å²) in [6, 6.07) is 2.27. The lowest BCUT2D eigenvalue weighted by Crippen LogP contribution is -2.37. The number of aliphatic carboxylic acids is 1. The summed E-state index contributed by atoms with van der Waals surface area (Å²) in [5.74, 6) is -1.13. The van der Waals surface area contributed by atoms with Crippen LogP contribution in [0.1, 0.15) is 54.4 Å². The smallest absolute Gasteiger partial charge is 0.373 e. The number of amides is 1. The Bertz CT molecular complexity index is 1180. The number of esters is 1. The predicted molar refractivity (Wildman–Crippen MR) is 140 cm³/mol. The van der Waals surface area contributed by atoms with E-state index in [4.69, 9.17) is 25.8 Å². The number of benzene rings is 1. The number of aromatic hydroxyl groups is 1. The molecule has 2 aliphatic rings. The highest BCUT2D eigenvalue weighted by molar-refractivity contribution is 6.00. The van der Waals surface area contributed by atoms with Crippen molar-refractivity contribution >= 4 is 23.6 Å². The van der Waals surface area contributed by atoms with Crippen molar-refractivity contribution in [1.29, 1.82) is 0 Å². The molecule has 0 spiro atoms. The van der Waals surface area contributed by atoms with Gasteiger partial charge in [-0.2, -0.15) is 0 Å². The monoisotopic (exact) mass is 540 g/mol. The number of carbonyl (C=O) groups is 3. The number of likely N-dealkylation sites (tertiary alicyclic amines) is 1. The molecule has 0 saturated carbocycles. The second kappa shape index (κ2) is 14.6. The van der Waals surface area contributed by atoms with E-state index in [1.54, 1.807) is 17.1 Å². The van der Waals surface area contributed by atoms with Gasteiger partial charge in [0.25, 0.3) is 12.2 Å². The number of carboxylic acid groups (broad SMARTS) is 1. The van der Waals surface area contributed by atoms with Gasteiger partial charge in [-0.3, -0.25) is 4.79 Å². The number of cyclic esters (lactones) is 1. The summed E-state index contributed by atoms with van der Waals surface area (Å²) in [5.41, 5.74) is 0.213. The number of fused-ring (bicyclic) bond motifs is 1. The number of carboxylic acids is 1. The lowest BCUT2D eigenvalue weighted by atomic mass is 9.99. The van der Waals surface area contributed by atoms with Crippen LogP contribution in [0.2, 0.25) is 0 Å². The molecule has 1 amide bonds. The lowest BCUT2D eigenvalue weighted by Gasteiger charge is -2.26. The minimum atomic E-state index is -2.21. The molecule has 2 heterocycles. The third-order valence-electron chi connectivity index (χ3n) is 6.05. The van der Waals surface area contributed by atoms with E-state index in [0.717, 1.165) is 25.3 Å². The second-order valence-corrected chi connectivity index (χ2v) is 9.01. The molecule has 2 atom stereocenters. The van der Waals surface area contributed by atoms with Crippen molar-refractivity contribution in [3.05, 3.63) is 47.6 Å². The van der Waals surface area contributed by atoms with Gasteiger partial charge in [-0.05, 0) is 49.8 Å². The summed E-state index contributed by atoms with van der Waals surface area (Å²) in [7, 11) is 0. The molecule has 208 valence electrons. The molecule has 0 aromatic heterocycles. The summed E-state index contributed by atoms with van der Waals surface area (Å²) < 4.78 is 10.4. The topological polar surface area (TPSA) is 155 Å². The Morgan fingerprint density at radius 1 is 1.18 bits per heavy atom. The van der Waals surface area contributed by atoms with Gasteiger partial charge in [0.05, 0.1) is 5.71 Å². The maximum absolute atomic E-state index is 13.1. The number of rotatable bonds is 6. The average molecular weight is 541 g/mol. The number of terminal acetylenes is 1. The van der Waals surface area contributed by atoms with Crippen LogP contribution in [0.15, 0.2) is 41.6 Å². The maximum atomic E-state index is 13.1. The number of phenols is 1. The maximum Gasteiger partial charge on any atom is 0.373 e. The molecule has 1 aromatic rings. The Labute approximate surface area is 226 Å². The first-order valence-electron chi connectivity index (χ1n) is 12.7. The second-order valence-electron chi connectivity index (χ2n) is 9.01. The van der Waals surface area contributed by atoms with Gasteiger partial charge < -0.3 is 34.5 Å². The Balaban J connectivity index is 1.94. The number of aliphatic hydroxyl groups excluding tert-OH is 1. The minimum Gasteiger partial charge on any atom is -0.507 e. The van der Waals surface area contributed by atoms with Crippen LogP contribution in [-0.2, 0) is 25.6 Å². The molecule has 0 aliphatic carbocycles. The number of phenolic OH excluding ortho intramolecular Hbond substituents is 1. The van der Waals surface area contributed by atoms with Gasteiger partial charge in [0.15, 0.2) is 12.7 Å². The van der Waals surface area contributed by atoms with Crippen molar-refractivity contribution in [2.24, 2.45) is 5.16 Å². The largest absolute Gasteiger partial charge is 0.507 e. The third-order valence-corrected chi connectivity index (χ3v) is 6.05. The molecule has 0 bridgehead atoms. The zero-order chi connectivity index (χ0) is 28.2. The van der Waals surface area contributed by atoms with E-state index >= 15 is 0 Å². The third kappa shape index (κ3) is 8.90. The Kier molecular flexibility index (Phi) is 10.9. The Morgan fingerprint density at radius 3 is 2.64 bits per heavy atom. The van der Waals surface area contributed by atoms with E-state index in [1.807, 2.05) is 12.2 Å². The van der Waals surface area contributed by atoms with Crippen LogP contribution < -0.4 is 4.74 Å². The van der Waals surface area contributed by atoms with Crippen molar-refractivity contribution in [3.8, 4) is 23.8 Å². The molecule has 3 N–H and O–H groups in total. The number of oxime groups is 1. The highest BCUT2D eigenvalue weighted by atomic mass is 16.6. The van der Waals surface area contributed by atoms with Crippen LogP contribution in [0.25, 0.3) is 0 Å². The molecular weight excluding hydrogens is 508 g/mol. The SMILES string of the molecule is C#C[C@@H]1C/C=C/CC/C=C/C(=N\OCC(=O)N2CCCCC2)Cc2cc(OC(O)C(=O)O)cc(O)c2C(=O)O1. The van der Waals surface area contributed by atoms with E-state index in [-0.39, 0.29) is 42.2 Å².